The lowest BCUT2D eigenvalue weighted by Crippen LogP contribution is -2.09. The van der Waals surface area contributed by atoms with Crippen LogP contribution in [0.5, 0.6) is 11.5 Å². The van der Waals surface area contributed by atoms with Gasteiger partial charge in [0.1, 0.15) is 6.61 Å². The number of methoxy groups -OCH3 is 1. The Morgan fingerprint density at radius 2 is 2.12 bits per heavy atom. The number of aliphatic hydroxyl groups excluding tert-OH is 1. The molecule has 1 rings (SSSR count). The monoisotopic (exact) mass is 264 g/mol. The van der Waals surface area contributed by atoms with E-state index >= 15 is 0 Å². The Labute approximate surface area is 98.2 Å². The molecule has 17 heavy (non-hydrogen) atoms. The van der Waals surface area contributed by atoms with Crippen molar-refractivity contribution in [3.8, 4) is 11.5 Å². The van der Waals surface area contributed by atoms with Gasteiger partial charge in [-0.1, -0.05) is 0 Å². The standard InChI is InChI=1S/C9H12O7S/c1-15-9-4-6(7(11)5-10)2-3-8(9)16-17(12,13)14/h2-4,7,10-11H,5H2,1H3,(H,12,13,14). The molecule has 0 fully saturated rings. The van der Waals surface area contributed by atoms with E-state index in [1.54, 1.807) is 0 Å². The van der Waals surface area contributed by atoms with Crippen molar-refractivity contribution in [1.82, 2.24) is 0 Å². The normalized spacial score (nSPS) is 13.2. The molecule has 0 aliphatic carbocycles. The van der Waals surface area contributed by atoms with Gasteiger partial charge < -0.3 is 23.7 Å². The van der Waals surface area contributed by atoms with Crippen LogP contribution in [0, 0.1) is 0 Å². The van der Waals surface area contributed by atoms with E-state index in [4.69, 9.17) is 14.9 Å². The molecule has 1 unspecified atom stereocenters. The summed E-state index contributed by atoms with van der Waals surface area (Å²) in [6, 6.07) is 3.89. The van der Waals surface area contributed by atoms with E-state index in [0.29, 0.717) is 5.56 Å². The molecule has 0 radical (unpaired) electrons. The highest BCUT2D eigenvalue weighted by Crippen LogP contribution is 2.30. The maximum atomic E-state index is 10.4. The number of ether oxygens (including phenoxy) is 1. The Hall–Kier alpha value is -1.35. The van der Waals surface area contributed by atoms with Crippen LogP contribution in [0.3, 0.4) is 0 Å². The third-order valence-corrected chi connectivity index (χ3v) is 2.35. The molecule has 0 heterocycles. The highest BCUT2D eigenvalue weighted by atomic mass is 32.3. The Morgan fingerprint density at radius 1 is 1.47 bits per heavy atom. The molecule has 0 bridgehead atoms. The van der Waals surface area contributed by atoms with Gasteiger partial charge in [0.2, 0.25) is 6.10 Å². The number of benzene rings is 1. The Bertz CT molecular complexity index is 482. The second-order valence-corrected chi connectivity index (χ2v) is 4.12. The molecule has 8 heteroatoms. The van der Waals surface area contributed by atoms with Crippen LogP contribution >= 0.6 is 0 Å². The number of hydrogen-bond donors (Lipinski definition) is 1. The van der Waals surface area contributed by atoms with E-state index in [1.165, 1.54) is 25.3 Å². The van der Waals surface area contributed by atoms with Crippen molar-refractivity contribution in [1.29, 1.82) is 0 Å². The maximum Gasteiger partial charge on any atom is 0.262 e. The zero-order chi connectivity index (χ0) is 13.1. The lowest BCUT2D eigenvalue weighted by molar-refractivity contribution is 0.0954. The van der Waals surface area contributed by atoms with E-state index in [9.17, 15) is 13.0 Å². The fraction of sp³-hybridized carbons (Fsp3) is 0.333. The SMILES string of the molecule is COc1cc(C([OH2+])CO)ccc1OS(=O)(=O)[O-]. The molecule has 0 saturated carbocycles. The minimum Gasteiger partial charge on any atom is -0.716 e. The third-order valence-electron chi connectivity index (χ3n) is 1.96. The average Bonchev–Trinajstić information content (AvgIpc) is 2.26. The predicted octanol–water partition coefficient (Wildman–Crippen LogP) is -0.708. The summed E-state index contributed by atoms with van der Waals surface area (Å²) in [5.74, 6) is -0.246. The molecule has 1 aromatic rings. The molecule has 0 aromatic heterocycles. The smallest absolute Gasteiger partial charge is 0.262 e. The molecule has 0 saturated heterocycles. The highest BCUT2D eigenvalue weighted by Gasteiger charge is 2.15. The summed E-state index contributed by atoms with van der Waals surface area (Å²) in [6.45, 7) is -0.386. The van der Waals surface area contributed by atoms with Gasteiger partial charge in [0.25, 0.3) is 10.4 Å². The molecule has 96 valence electrons. The van der Waals surface area contributed by atoms with Gasteiger partial charge in [-0.2, -0.15) is 0 Å². The summed E-state index contributed by atoms with van der Waals surface area (Å²) in [4.78, 5) is 0. The van der Waals surface area contributed by atoms with Crippen molar-refractivity contribution in [2.75, 3.05) is 13.7 Å². The molecule has 3 N–H and O–H groups in total. The van der Waals surface area contributed by atoms with Gasteiger partial charge in [0.05, 0.1) is 7.11 Å². The predicted molar refractivity (Wildman–Crippen MR) is 56.8 cm³/mol. The van der Waals surface area contributed by atoms with Crippen LogP contribution in [-0.4, -0.2) is 36.9 Å². The van der Waals surface area contributed by atoms with Crippen molar-refractivity contribution >= 4 is 10.4 Å². The van der Waals surface area contributed by atoms with Gasteiger partial charge in [-0.05, 0) is 18.2 Å². The second kappa shape index (κ2) is 5.32. The molecule has 1 aromatic carbocycles. The van der Waals surface area contributed by atoms with Crippen LogP contribution in [0.15, 0.2) is 18.2 Å². The summed E-state index contributed by atoms with van der Waals surface area (Å²) >= 11 is 0. The zero-order valence-electron chi connectivity index (χ0n) is 8.91. The molecule has 7 nitrogen and oxygen atoms in total. The number of rotatable bonds is 5. The summed E-state index contributed by atoms with van der Waals surface area (Å²) < 4.78 is 40.3. The first-order valence-electron chi connectivity index (χ1n) is 4.52. The van der Waals surface area contributed by atoms with Crippen LogP contribution in [0.2, 0.25) is 0 Å². The van der Waals surface area contributed by atoms with Crippen LogP contribution in [0.1, 0.15) is 11.7 Å². The average molecular weight is 264 g/mol. The third kappa shape index (κ3) is 3.86. The molecule has 0 spiro atoms. The summed E-state index contributed by atoms with van der Waals surface area (Å²) in [7, 11) is -3.61. The van der Waals surface area contributed by atoms with E-state index < -0.39 is 16.5 Å². The van der Waals surface area contributed by atoms with Crippen LogP contribution in [0.25, 0.3) is 0 Å². The Morgan fingerprint density at radius 3 is 2.59 bits per heavy atom. The van der Waals surface area contributed by atoms with E-state index in [-0.39, 0.29) is 18.1 Å². The minimum absolute atomic E-state index is 0.00706. The van der Waals surface area contributed by atoms with E-state index in [1.807, 2.05) is 0 Å². The second-order valence-electron chi connectivity index (χ2n) is 3.14. The molecule has 0 aliphatic rings. The first kappa shape index (κ1) is 13.7. The van der Waals surface area contributed by atoms with Gasteiger partial charge >= 0.3 is 0 Å². The Balaban J connectivity index is 3.10. The first-order valence-corrected chi connectivity index (χ1v) is 5.86. The van der Waals surface area contributed by atoms with Crippen LogP contribution < -0.4 is 8.92 Å². The Kier molecular flexibility index (Phi) is 4.29. The van der Waals surface area contributed by atoms with Crippen molar-refractivity contribution in [2.45, 2.75) is 6.10 Å². The first-order chi connectivity index (χ1) is 7.87. The fourth-order valence-corrected chi connectivity index (χ4v) is 1.54. The fourth-order valence-electron chi connectivity index (χ4n) is 1.19. The van der Waals surface area contributed by atoms with Gasteiger partial charge in [0.15, 0.2) is 11.5 Å². The lowest BCUT2D eigenvalue weighted by Gasteiger charge is -2.13. The van der Waals surface area contributed by atoms with Gasteiger partial charge in [0, 0.05) is 5.56 Å². The summed E-state index contributed by atoms with van der Waals surface area (Å²) in [5, 5.41) is 16.3. The molecular weight excluding hydrogens is 252 g/mol. The van der Waals surface area contributed by atoms with Gasteiger partial charge in [-0.15, -0.1) is 0 Å². The molecular formula is C9H12O7S. The number of hydrogen-bond acceptors (Lipinski definition) is 6. The van der Waals surface area contributed by atoms with Crippen molar-refractivity contribution in [3.63, 3.8) is 0 Å². The van der Waals surface area contributed by atoms with Crippen LogP contribution in [0.4, 0.5) is 0 Å². The minimum atomic E-state index is -4.87. The molecule has 1 atom stereocenters. The quantitative estimate of drug-likeness (QED) is 0.426. The van der Waals surface area contributed by atoms with Crippen molar-refractivity contribution in [2.24, 2.45) is 0 Å². The topological polar surface area (TPSA) is 119 Å². The summed E-state index contributed by atoms with van der Waals surface area (Å²) in [5.41, 5.74) is 0.417. The summed E-state index contributed by atoms with van der Waals surface area (Å²) in [6.07, 6.45) is -0.873. The van der Waals surface area contributed by atoms with E-state index in [0.717, 1.165) is 0 Å². The highest BCUT2D eigenvalue weighted by molar-refractivity contribution is 7.81. The van der Waals surface area contributed by atoms with E-state index in [2.05, 4.69) is 4.18 Å². The van der Waals surface area contributed by atoms with Gasteiger partial charge in [-0.25, -0.2) is 8.42 Å². The lowest BCUT2D eigenvalue weighted by atomic mass is 10.1. The molecule has 0 aliphatic heterocycles. The van der Waals surface area contributed by atoms with Crippen LogP contribution in [-0.2, 0) is 10.4 Å². The maximum absolute atomic E-state index is 10.4. The zero-order valence-corrected chi connectivity index (χ0v) is 9.73. The number of aliphatic hydroxyl groups is 1. The van der Waals surface area contributed by atoms with Crippen molar-refractivity contribution < 1.29 is 32.1 Å². The van der Waals surface area contributed by atoms with Crippen molar-refractivity contribution in [3.05, 3.63) is 23.8 Å². The van der Waals surface area contributed by atoms with Gasteiger partial charge in [-0.3, -0.25) is 0 Å². The molecule has 0 amide bonds. The largest absolute Gasteiger partial charge is 0.716 e.